The second-order valence-electron chi connectivity index (χ2n) is 6.46. The maximum Gasteiger partial charge on any atom is 0.325 e. The summed E-state index contributed by atoms with van der Waals surface area (Å²) in [4.78, 5) is 41.1. The number of hydrogen-bond acceptors (Lipinski definition) is 7. The van der Waals surface area contributed by atoms with Gasteiger partial charge in [0.05, 0.1) is 17.8 Å². The molecule has 1 aromatic heterocycles. The Labute approximate surface area is 188 Å². The Morgan fingerprint density at radius 3 is 2.26 bits per heavy atom. The Morgan fingerprint density at radius 2 is 1.65 bits per heavy atom. The largest absolute Gasteiger partial charge is 0.468 e. The van der Waals surface area contributed by atoms with Crippen LogP contribution in [0.2, 0.25) is 0 Å². The molecular formula is C22H21N3O4S2. The Morgan fingerprint density at radius 1 is 1.00 bits per heavy atom. The van der Waals surface area contributed by atoms with E-state index in [2.05, 4.69) is 25.7 Å². The standard InChI is InChI=1S/C22H21N3O4S2/c1-14-24-18(12-30-14)13-31-19-9-5-16(6-10-19)22(28)25-17-7-3-15(4-8-17)21(27)23-11-20(26)29-2/h3-10,12H,11,13H2,1-2H3,(H,23,27)(H,25,28). The fourth-order valence-corrected chi connectivity index (χ4v) is 4.08. The van der Waals surface area contributed by atoms with Gasteiger partial charge >= 0.3 is 5.97 Å². The van der Waals surface area contributed by atoms with Crippen LogP contribution in [0.4, 0.5) is 5.69 Å². The van der Waals surface area contributed by atoms with E-state index in [1.807, 2.05) is 19.1 Å². The van der Waals surface area contributed by atoms with Crippen LogP contribution < -0.4 is 10.6 Å². The third kappa shape index (κ3) is 6.66. The number of nitrogens with zero attached hydrogens (tertiary/aromatic N) is 1. The van der Waals surface area contributed by atoms with Crippen LogP contribution in [0.3, 0.4) is 0 Å². The molecule has 0 saturated heterocycles. The van der Waals surface area contributed by atoms with Crippen LogP contribution in [0.25, 0.3) is 0 Å². The van der Waals surface area contributed by atoms with Crippen molar-refractivity contribution in [1.82, 2.24) is 10.3 Å². The Balaban J connectivity index is 1.52. The smallest absolute Gasteiger partial charge is 0.325 e. The van der Waals surface area contributed by atoms with E-state index in [1.54, 1.807) is 59.5 Å². The number of hydrogen-bond donors (Lipinski definition) is 2. The summed E-state index contributed by atoms with van der Waals surface area (Å²) in [5.41, 5.74) is 2.52. The van der Waals surface area contributed by atoms with Crippen LogP contribution in [-0.2, 0) is 15.3 Å². The first-order valence-electron chi connectivity index (χ1n) is 9.35. The highest BCUT2D eigenvalue weighted by atomic mass is 32.2. The first-order chi connectivity index (χ1) is 14.9. The number of anilines is 1. The van der Waals surface area contributed by atoms with Gasteiger partial charge in [0.15, 0.2) is 0 Å². The van der Waals surface area contributed by atoms with E-state index in [9.17, 15) is 14.4 Å². The molecule has 3 aromatic rings. The lowest BCUT2D eigenvalue weighted by Crippen LogP contribution is -2.30. The molecule has 2 aromatic carbocycles. The number of carbonyl (C=O) groups is 3. The maximum absolute atomic E-state index is 12.5. The zero-order chi connectivity index (χ0) is 22.2. The SMILES string of the molecule is COC(=O)CNC(=O)c1ccc(NC(=O)c2ccc(SCc3csc(C)n3)cc2)cc1. The minimum Gasteiger partial charge on any atom is -0.468 e. The average Bonchev–Trinajstić information content (AvgIpc) is 3.21. The third-order valence-corrected chi connectivity index (χ3v) is 6.06. The number of thioether (sulfide) groups is 1. The van der Waals surface area contributed by atoms with Crippen molar-refractivity contribution in [3.8, 4) is 0 Å². The number of esters is 1. The summed E-state index contributed by atoms with van der Waals surface area (Å²) in [6, 6.07) is 13.8. The predicted molar refractivity (Wildman–Crippen MR) is 122 cm³/mol. The van der Waals surface area contributed by atoms with Crippen molar-refractivity contribution in [2.24, 2.45) is 0 Å². The van der Waals surface area contributed by atoms with Crippen LogP contribution in [0.5, 0.6) is 0 Å². The molecule has 0 unspecified atom stereocenters. The Kier molecular flexibility index (Phi) is 7.80. The summed E-state index contributed by atoms with van der Waals surface area (Å²) in [6.45, 7) is 1.78. The number of amides is 2. The fourth-order valence-electron chi connectivity index (χ4n) is 2.57. The topological polar surface area (TPSA) is 97.4 Å². The highest BCUT2D eigenvalue weighted by Crippen LogP contribution is 2.24. The van der Waals surface area contributed by atoms with Crippen LogP contribution in [0.15, 0.2) is 58.8 Å². The van der Waals surface area contributed by atoms with E-state index in [0.717, 1.165) is 21.3 Å². The number of benzene rings is 2. The van der Waals surface area contributed by atoms with Crippen LogP contribution >= 0.6 is 23.1 Å². The highest BCUT2D eigenvalue weighted by molar-refractivity contribution is 7.98. The molecule has 2 amide bonds. The third-order valence-electron chi connectivity index (χ3n) is 4.20. The van der Waals surface area contributed by atoms with Gasteiger partial charge in [0, 0.05) is 32.8 Å². The molecule has 0 aliphatic heterocycles. The summed E-state index contributed by atoms with van der Waals surface area (Å²) in [7, 11) is 1.25. The molecule has 0 aliphatic carbocycles. The van der Waals surface area contributed by atoms with E-state index in [4.69, 9.17) is 0 Å². The second-order valence-corrected chi connectivity index (χ2v) is 8.57. The lowest BCUT2D eigenvalue weighted by Gasteiger charge is -2.08. The summed E-state index contributed by atoms with van der Waals surface area (Å²) in [5, 5.41) is 8.37. The number of methoxy groups -OCH3 is 1. The number of ether oxygens (including phenoxy) is 1. The van der Waals surface area contributed by atoms with Gasteiger partial charge in [-0.15, -0.1) is 23.1 Å². The molecular weight excluding hydrogens is 434 g/mol. The van der Waals surface area contributed by atoms with Gasteiger partial charge < -0.3 is 15.4 Å². The Bertz CT molecular complexity index is 1060. The predicted octanol–water partition coefficient (Wildman–Crippen LogP) is 3.90. The maximum atomic E-state index is 12.5. The summed E-state index contributed by atoms with van der Waals surface area (Å²) in [5.74, 6) is -0.381. The molecule has 9 heteroatoms. The van der Waals surface area contributed by atoms with E-state index in [1.165, 1.54) is 7.11 Å². The van der Waals surface area contributed by atoms with E-state index in [-0.39, 0.29) is 12.5 Å². The van der Waals surface area contributed by atoms with Crippen molar-refractivity contribution in [2.75, 3.05) is 19.0 Å². The average molecular weight is 456 g/mol. The minimum atomic E-state index is -0.528. The van der Waals surface area contributed by atoms with Gasteiger partial charge in [-0.05, 0) is 55.5 Å². The van der Waals surface area contributed by atoms with Gasteiger partial charge in [0.1, 0.15) is 6.54 Å². The highest BCUT2D eigenvalue weighted by Gasteiger charge is 2.10. The molecule has 0 aliphatic rings. The number of aromatic nitrogens is 1. The molecule has 0 saturated carbocycles. The Hall–Kier alpha value is -3.17. The van der Waals surface area contributed by atoms with Crippen molar-refractivity contribution < 1.29 is 19.1 Å². The minimum absolute atomic E-state index is 0.203. The zero-order valence-corrected chi connectivity index (χ0v) is 18.6. The van der Waals surface area contributed by atoms with E-state index >= 15 is 0 Å². The number of rotatable bonds is 8. The molecule has 0 atom stereocenters. The van der Waals surface area contributed by atoms with Gasteiger partial charge in [-0.3, -0.25) is 14.4 Å². The normalized spacial score (nSPS) is 10.4. The number of nitrogens with one attached hydrogen (secondary N) is 2. The first kappa shape index (κ1) is 22.5. The van der Waals surface area contributed by atoms with Crippen LogP contribution in [0, 0.1) is 6.92 Å². The van der Waals surface area contributed by atoms with Crippen molar-refractivity contribution in [1.29, 1.82) is 0 Å². The summed E-state index contributed by atoms with van der Waals surface area (Å²) >= 11 is 3.30. The second kappa shape index (κ2) is 10.7. The molecule has 1 heterocycles. The number of carbonyl (C=O) groups excluding carboxylic acids is 3. The molecule has 31 heavy (non-hydrogen) atoms. The molecule has 0 spiro atoms. The van der Waals surface area contributed by atoms with Crippen LogP contribution in [0.1, 0.15) is 31.4 Å². The molecule has 7 nitrogen and oxygen atoms in total. The quantitative estimate of drug-likeness (QED) is 0.395. The molecule has 2 N–H and O–H groups in total. The molecule has 0 bridgehead atoms. The molecule has 0 fully saturated rings. The molecule has 160 valence electrons. The number of aryl methyl sites for hydroxylation is 1. The molecule has 0 radical (unpaired) electrons. The van der Waals surface area contributed by atoms with E-state index < -0.39 is 11.9 Å². The van der Waals surface area contributed by atoms with Crippen molar-refractivity contribution in [2.45, 2.75) is 17.6 Å². The van der Waals surface area contributed by atoms with Gasteiger partial charge in [0.2, 0.25) is 0 Å². The monoisotopic (exact) mass is 455 g/mol. The van der Waals surface area contributed by atoms with Gasteiger partial charge in [-0.1, -0.05) is 0 Å². The van der Waals surface area contributed by atoms with Crippen LogP contribution in [-0.4, -0.2) is 36.4 Å². The summed E-state index contributed by atoms with van der Waals surface area (Å²) < 4.78 is 4.48. The van der Waals surface area contributed by atoms with Crippen molar-refractivity contribution in [3.63, 3.8) is 0 Å². The van der Waals surface area contributed by atoms with Crippen molar-refractivity contribution >= 4 is 46.6 Å². The number of thiazole rings is 1. The van der Waals surface area contributed by atoms with Gasteiger partial charge in [-0.2, -0.15) is 0 Å². The van der Waals surface area contributed by atoms with E-state index in [0.29, 0.717) is 16.8 Å². The van der Waals surface area contributed by atoms with Crippen molar-refractivity contribution in [3.05, 3.63) is 75.7 Å². The zero-order valence-electron chi connectivity index (χ0n) is 17.0. The van der Waals surface area contributed by atoms with Gasteiger partial charge in [-0.25, -0.2) is 4.98 Å². The lowest BCUT2D eigenvalue weighted by atomic mass is 10.1. The fraction of sp³-hybridized carbons (Fsp3) is 0.182. The van der Waals surface area contributed by atoms with Gasteiger partial charge in [0.25, 0.3) is 11.8 Å². The summed E-state index contributed by atoms with van der Waals surface area (Å²) in [6.07, 6.45) is 0. The molecule has 3 rings (SSSR count). The lowest BCUT2D eigenvalue weighted by molar-refractivity contribution is -0.139. The first-order valence-corrected chi connectivity index (χ1v) is 11.2.